The van der Waals surface area contributed by atoms with Crippen LogP contribution in [-0.4, -0.2) is 27.8 Å². The number of benzene rings is 2. The van der Waals surface area contributed by atoms with Crippen LogP contribution in [0.25, 0.3) is 21.5 Å². The number of nitrogens with one attached hydrogen (secondary N) is 1. The number of rotatable bonds is 5. The minimum absolute atomic E-state index is 0.209. The number of ketones is 1. The molecular formula is C23H20N2O3S. The van der Waals surface area contributed by atoms with Crippen LogP contribution in [-0.2, 0) is 4.74 Å². The highest BCUT2D eigenvalue weighted by molar-refractivity contribution is 7.13. The Morgan fingerprint density at radius 2 is 1.79 bits per heavy atom. The first-order valence-corrected chi connectivity index (χ1v) is 10.2. The minimum atomic E-state index is -0.912. The predicted molar refractivity (Wildman–Crippen MR) is 115 cm³/mol. The second-order valence-corrected chi connectivity index (χ2v) is 7.84. The molecule has 1 atom stereocenters. The van der Waals surface area contributed by atoms with E-state index in [2.05, 4.69) is 9.97 Å². The van der Waals surface area contributed by atoms with Gasteiger partial charge in [-0.3, -0.25) is 4.79 Å². The quantitative estimate of drug-likeness (QED) is 0.360. The number of esters is 1. The molecule has 0 spiro atoms. The molecule has 146 valence electrons. The van der Waals surface area contributed by atoms with Crippen LogP contribution in [0.5, 0.6) is 0 Å². The van der Waals surface area contributed by atoms with Crippen molar-refractivity contribution in [3.05, 3.63) is 76.4 Å². The molecule has 5 nitrogen and oxygen atoms in total. The van der Waals surface area contributed by atoms with Gasteiger partial charge in [-0.15, -0.1) is 11.3 Å². The van der Waals surface area contributed by atoms with E-state index in [1.807, 2.05) is 62.4 Å². The molecule has 0 bridgehead atoms. The highest BCUT2D eigenvalue weighted by Crippen LogP contribution is 2.26. The third-order valence-corrected chi connectivity index (χ3v) is 5.70. The van der Waals surface area contributed by atoms with Gasteiger partial charge in [0.05, 0.1) is 0 Å². The summed E-state index contributed by atoms with van der Waals surface area (Å²) in [4.78, 5) is 33.1. The molecule has 6 heteroatoms. The Labute approximate surface area is 172 Å². The number of carbonyl (C=O) groups excluding carboxylic acids is 2. The van der Waals surface area contributed by atoms with Crippen LogP contribution in [0.3, 0.4) is 0 Å². The van der Waals surface area contributed by atoms with Gasteiger partial charge < -0.3 is 9.72 Å². The molecule has 0 aliphatic carbocycles. The van der Waals surface area contributed by atoms with Gasteiger partial charge in [-0.05, 0) is 26.8 Å². The molecule has 0 radical (unpaired) electrons. The number of aromatic nitrogens is 2. The van der Waals surface area contributed by atoms with Crippen molar-refractivity contribution in [2.45, 2.75) is 26.9 Å². The maximum Gasteiger partial charge on any atom is 0.358 e. The Bertz CT molecular complexity index is 1200. The van der Waals surface area contributed by atoms with Crippen molar-refractivity contribution in [2.24, 2.45) is 0 Å². The number of Topliss-reactive ketones (excluding diaryl/α,β-unsaturated/α-hetero) is 1. The molecule has 0 fully saturated rings. The lowest BCUT2D eigenvalue weighted by atomic mass is 10.0. The monoisotopic (exact) mass is 404 g/mol. The van der Waals surface area contributed by atoms with Crippen molar-refractivity contribution >= 4 is 34.0 Å². The lowest BCUT2D eigenvalue weighted by molar-refractivity contribution is 0.0314. The Balaban J connectivity index is 1.51. The van der Waals surface area contributed by atoms with Crippen molar-refractivity contribution in [3.8, 4) is 10.6 Å². The number of fused-ring (bicyclic) bond motifs is 1. The number of hydrogen-bond donors (Lipinski definition) is 1. The molecule has 2 heterocycles. The van der Waals surface area contributed by atoms with Gasteiger partial charge in [-0.25, -0.2) is 9.78 Å². The van der Waals surface area contributed by atoms with E-state index >= 15 is 0 Å². The van der Waals surface area contributed by atoms with E-state index in [0.29, 0.717) is 5.56 Å². The summed E-state index contributed by atoms with van der Waals surface area (Å²) in [5.74, 6) is -0.833. The SMILES string of the molecule is Cc1ccc(-c2nc(C(=O)O[C@@H](C)C(=O)c3c(C)[nH]c4ccccc34)cs2)cc1. The molecule has 0 unspecified atom stereocenters. The van der Waals surface area contributed by atoms with Crippen LogP contribution in [0.2, 0.25) is 0 Å². The fourth-order valence-electron chi connectivity index (χ4n) is 3.27. The zero-order chi connectivity index (χ0) is 20.5. The van der Waals surface area contributed by atoms with Crippen molar-refractivity contribution in [1.29, 1.82) is 0 Å². The normalized spacial score (nSPS) is 12.1. The van der Waals surface area contributed by atoms with Gasteiger partial charge in [0.25, 0.3) is 0 Å². The lowest BCUT2D eigenvalue weighted by Crippen LogP contribution is -2.25. The van der Waals surface area contributed by atoms with Crippen molar-refractivity contribution in [2.75, 3.05) is 0 Å². The molecule has 29 heavy (non-hydrogen) atoms. The average molecular weight is 404 g/mol. The van der Waals surface area contributed by atoms with Crippen LogP contribution in [0.4, 0.5) is 0 Å². The zero-order valence-corrected chi connectivity index (χ0v) is 17.2. The largest absolute Gasteiger partial charge is 0.450 e. The molecule has 0 saturated carbocycles. The van der Waals surface area contributed by atoms with Crippen LogP contribution < -0.4 is 0 Å². The number of para-hydroxylation sites is 1. The molecule has 4 aromatic rings. The summed E-state index contributed by atoms with van der Waals surface area (Å²) >= 11 is 1.37. The maximum absolute atomic E-state index is 13.0. The summed E-state index contributed by atoms with van der Waals surface area (Å²) in [5, 5.41) is 3.22. The summed E-state index contributed by atoms with van der Waals surface area (Å²) in [7, 11) is 0. The summed E-state index contributed by atoms with van der Waals surface area (Å²) in [5.41, 5.74) is 4.51. The maximum atomic E-state index is 13.0. The number of nitrogens with zero attached hydrogens (tertiary/aromatic N) is 1. The summed E-state index contributed by atoms with van der Waals surface area (Å²) in [6.07, 6.45) is -0.912. The summed E-state index contributed by atoms with van der Waals surface area (Å²) < 4.78 is 5.44. The number of aryl methyl sites for hydroxylation is 2. The van der Waals surface area contributed by atoms with Gasteiger partial charge in [0.1, 0.15) is 5.01 Å². The Hall–Kier alpha value is -3.25. The number of H-pyrrole nitrogens is 1. The standard InChI is InChI=1S/C23H20N2O3S/c1-13-8-10-16(11-9-13)22-25-19(12-29-22)23(27)28-15(3)21(26)20-14(2)24-18-7-5-4-6-17(18)20/h4-12,15,24H,1-3H3/t15-/m0/s1. The highest BCUT2D eigenvalue weighted by Gasteiger charge is 2.25. The van der Waals surface area contributed by atoms with Gasteiger partial charge in [0, 0.05) is 33.1 Å². The molecule has 2 aromatic heterocycles. The van der Waals surface area contributed by atoms with E-state index in [9.17, 15) is 9.59 Å². The third-order valence-electron chi connectivity index (χ3n) is 4.80. The topological polar surface area (TPSA) is 72.0 Å². The fourth-order valence-corrected chi connectivity index (χ4v) is 4.06. The number of ether oxygens (including phenoxy) is 1. The number of carbonyl (C=O) groups is 2. The van der Waals surface area contributed by atoms with Crippen molar-refractivity contribution in [3.63, 3.8) is 0 Å². The molecule has 2 aromatic carbocycles. The number of aromatic amines is 1. The molecule has 0 aliphatic heterocycles. The third kappa shape index (κ3) is 3.71. The van der Waals surface area contributed by atoms with Crippen LogP contribution in [0.1, 0.15) is 39.0 Å². The fraction of sp³-hybridized carbons (Fsp3) is 0.174. The molecular weight excluding hydrogens is 384 g/mol. The average Bonchev–Trinajstić information content (AvgIpc) is 3.32. The Morgan fingerprint density at radius 3 is 2.55 bits per heavy atom. The number of hydrogen-bond acceptors (Lipinski definition) is 5. The van der Waals surface area contributed by atoms with Gasteiger partial charge in [-0.1, -0.05) is 48.0 Å². The predicted octanol–water partition coefficient (Wildman–Crippen LogP) is 5.34. The van der Waals surface area contributed by atoms with E-state index in [1.165, 1.54) is 11.3 Å². The number of thiazole rings is 1. The van der Waals surface area contributed by atoms with Crippen LogP contribution >= 0.6 is 11.3 Å². The first-order chi connectivity index (χ1) is 13.9. The van der Waals surface area contributed by atoms with E-state index in [0.717, 1.165) is 32.7 Å². The summed E-state index contributed by atoms with van der Waals surface area (Å²) in [6, 6.07) is 15.5. The first kappa shape index (κ1) is 19.1. The second kappa shape index (κ2) is 7.64. The Morgan fingerprint density at radius 1 is 1.07 bits per heavy atom. The molecule has 0 aliphatic rings. The first-order valence-electron chi connectivity index (χ1n) is 9.29. The molecule has 0 saturated heterocycles. The molecule has 0 amide bonds. The van der Waals surface area contributed by atoms with Gasteiger partial charge >= 0.3 is 5.97 Å². The van der Waals surface area contributed by atoms with Crippen LogP contribution in [0.15, 0.2) is 53.9 Å². The Kier molecular flexibility index (Phi) is 5.03. The van der Waals surface area contributed by atoms with E-state index in [1.54, 1.807) is 12.3 Å². The smallest absolute Gasteiger partial charge is 0.358 e. The molecule has 1 N–H and O–H groups in total. The van der Waals surface area contributed by atoms with Crippen molar-refractivity contribution < 1.29 is 14.3 Å². The van der Waals surface area contributed by atoms with Gasteiger partial charge in [-0.2, -0.15) is 0 Å². The van der Waals surface area contributed by atoms with E-state index in [-0.39, 0.29) is 11.5 Å². The van der Waals surface area contributed by atoms with Gasteiger partial charge in [0.15, 0.2) is 11.8 Å². The van der Waals surface area contributed by atoms with E-state index in [4.69, 9.17) is 4.74 Å². The molecule has 4 rings (SSSR count). The second-order valence-electron chi connectivity index (χ2n) is 6.99. The lowest BCUT2D eigenvalue weighted by Gasteiger charge is -2.11. The minimum Gasteiger partial charge on any atom is -0.450 e. The zero-order valence-electron chi connectivity index (χ0n) is 16.4. The summed E-state index contributed by atoms with van der Waals surface area (Å²) in [6.45, 7) is 5.45. The highest BCUT2D eigenvalue weighted by atomic mass is 32.1. The van der Waals surface area contributed by atoms with Crippen LogP contribution in [0, 0.1) is 13.8 Å². The van der Waals surface area contributed by atoms with Gasteiger partial charge in [0.2, 0.25) is 5.78 Å². The van der Waals surface area contributed by atoms with E-state index < -0.39 is 12.1 Å². The van der Waals surface area contributed by atoms with Crippen molar-refractivity contribution in [1.82, 2.24) is 9.97 Å².